The summed E-state index contributed by atoms with van der Waals surface area (Å²) in [5.41, 5.74) is -0.458. The molecule has 0 atom stereocenters. The monoisotopic (exact) mass is 380 g/mol. The number of rotatable bonds is 3. The fourth-order valence-corrected chi connectivity index (χ4v) is 1.56. The first-order chi connectivity index (χ1) is 10.8. The van der Waals surface area contributed by atoms with E-state index in [9.17, 15) is 31.1 Å². The lowest BCUT2D eigenvalue weighted by molar-refractivity contribution is -0.192. The second-order valence-corrected chi connectivity index (χ2v) is 4.66. The Morgan fingerprint density at radius 3 is 2.00 bits per heavy atom. The number of aliphatic carboxylic acids is 1. The summed E-state index contributed by atoms with van der Waals surface area (Å²) in [6, 6.07) is 3.23. The van der Waals surface area contributed by atoms with Crippen molar-refractivity contribution in [2.45, 2.75) is 25.2 Å². The molecule has 0 bridgehead atoms. The highest BCUT2D eigenvalue weighted by Gasteiger charge is 2.38. The lowest BCUT2D eigenvalue weighted by Gasteiger charge is -2.09. The van der Waals surface area contributed by atoms with E-state index in [4.69, 9.17) is 21.5 Å². The van der Waals surface area contributed by atoms with Crippen molar-refractivity contribution in [3.05, 3.63) is 34.3 Å². The van der Waals surface area contributed by atoms with Crippen LogP contribution in [0.5, 0.6) is 0 Å². The quantitative estimate of drug-likeness (QED) is 0.633. The molecule has 0 saturated carbocycles. The molecule has 1 rings (SSSR count). The largest absolute Gasteiger partial charge is 0.490 e. The average Bonchev–Trinajstić information content (AvgIpc) is 2.42. The van der Waals surface area contributed by atoms with Gasteiger partial charge in [-0.25, -0.2) is 4.79 Å². The van der Waals surface area contributed by atoms with Crippen LogP contribution in [0.25, 0.3) is 0 Å². The molecule has 0 spiro atoms. The Kier molecular flexibility index (Phi) is 8.04. The number of alkyl halides is 6. The molecule has 1 aromatic rings. The van der Waals surface area contributed by atoms with Crippen LogP contribution in [0.15, 0.2) is 18.2 Å². The molecule has 0 amide bonds. The van der Waals surface area contributed by atoms with Crippen molar-refractivity contribution in [3.63, 3.8) is 0 Å². The Morgan fingerprint density at radius 1 is 1.12 bits per heavy atom. The summed E-state index contributed by atoms with van der Waals surface area (Å²) in [7, 11) is 1.22. The van der Waals surface area contributed by atoms with E-state index in [1.165, 1.54) is 13.2 Å². The third kappa shape index (κ3) is 8.61. The molecule has 0 aromatic heterocycles. The molecule has 0 saturated heterocycles. The van der Waals surface area contributed by atoms with E-state index in [2.05, 4.69) is 4.74 Å². The van der Waals surface area contributed by atoms with E-state index >= 15 is 0 Å². The molecule has 0 aliphatic rings. The van der Waals surface area contributed by atoms with Crippen LogP contribution in [-0.2, 0) is 26.9 Å². The smallest absolute Gasteiger partial charge is 0.475 e. The summed E-state index contributed by atoms with van der Waals surface area (Å²) >= 11 is 5.59. The minimum atomic E-state index is -5.08. The predicted molar refractivity (Wildman–Crippen MR) is 70.5 cm³/mol. The molecular formula is C13H11ClF6O4. The number of esters is 1. The number of carbonyl (C=O) groups excluding carboxylic acids is 1. The van der Waals surface area contributed by atoms with Gasteiger partial charge < -0.3 is 9.84 Å². The van der Waals surface area contributed by atoms with E-state index in [0.717, 1.165) is 12.1 Å². The van der Waals surface area contributed by atoms with Crippen molar-refractivity contribution >= 4 is 23.5 Å². The van der Waals surface area contributed by atoms with E-state index in [1.807, 2.05) is 0 Å². The van der Waals surface area contributed by atoms with Gasteiger partial charge in [-0.1, -0.05) is 11.6 Å². The Morgan fingerprint density at radius 2 is 1.62 bits per heavy atom. The van der Waals surface area contributed by atoms with Crippen molar-refractivity contribution in [2.24, 2.45) is 0 Å². The van der Waals surface area contributed by atoms with Gasteiger partial charge in [0.25, 0.3) is 0 Å². The molecule has 4 nitrogen and oxygen atoms in total. The standard InChI is InChI=1S/C11H10ClF3O2.C2HF3O2/c1-17-10(16)3-2-7-4-8(11(13,14)15)6-9(12)5-7;3-2(4,5)1(6)7/h4-6H,2-3H2,1H3;(H,6,7). The highest BCUT2D eigenvalue weighted by atomic mass is 35.5. The Bertz CT molecular complexity index is 583. The number of carboxylic acid groups (broad SMARTS) is 1. The number of aryl methyl sites for hydroxylation is 1. The third-order valence-electron chi connectivity index (χ3n) is 2.37. The first-order valence-electron chi connectivity index (χ1n) is 6.01. The van der Waals surface area contributed by atoms with Gasteiger partial charge in [-0.3, -0.25) is 4.79 Å². The zero-order valence-corrected chi connectivity index (χ0v) is 12.7. The maximum atomic E-state index is 12.5. The first-order valence-corrected chi connectivity index (χ1v) is 6.38. The number of carboxylic acids is 1. The summed E-state index contributed by atoms with van der Waals surface area (Å²) in [6.45, 7) is 0. The van der Waals surface area contributed by atoms with E-state index in [0.29, 0.717) is 5.56 Å². The number of carbonyl (C=O) groups is 2. The van der Waals surface area contributed by atoms with Gasteiger partial charge in [-0.15, -0.1) is 0 Å². The minimum absolute atomic E-state index is 0.000286. The lowest BCUT2D eigenvalue weighted by Crippen LogP contribution is -2.21. The SMILES string of the molecule is COC(=O)CCc1cc(Cl)cc(C(F)(F)F)c1.O=C(O)C(F)(F)F. The molecule has 0 fully saturated rings. The van der Waals surface area contributed by atoms with Gasteiger partial charge in [-0.05, 0) is 30.2 Å². The molecule has 0 heterocycles. The maximum absolute atomic E-state index is 12.5. The lowest BCUT2D eigenvalue weighted by atomic mass is 10.1. The number of methoxy groups -OCH3 is 1. The van der Waals surface area contributed by atoms with Crippen LogP contribution in [0.3, 0.4) is 0 Å². The van der Waals surface area contributed by atoms with Crippen LogP contribution in [-0.4, -0.2) is 30.3 Å². The Labute approximate surface area is 137 Å². The third-order valence-corrected chi connectivity index (χ3v) is 2.59. The molecule has 0 radical (unpaired) electrons. The predicted octanol–water partition coefficient (Wildman–Crippen LogP) is 4.10. The molecule has 0 unspecified atom stereocenters. The average molecular weight is 381 g/mol. The summed E-state index contributed by atoms with van der Waals surface area (Å²) in [6.07, 6.45) is -9.34. The number of hydrogen-bond acceptors (Lipinski definition) is 3. The van der Waals surface area contributed by atoms with Crippen molar-refractivity contribution in [3.8, 4) is 0 Å². The molecule has 11 heteroatoms. The van der Waals surface area contributed by atoms with Crippen molar-refractivity contribution in [1.29, 1.82) is 0 Å². The van der Waals surface area contributed by atoms with Crippen molar-refractivity contribution < 1.29 is 45.8 Å². The number of hydrogen-bond donors (Lipinski definition) is 1. The van der Waals surface area contributed by atoms with Crippen LogP contribution in [0.1, 0.15) is 17.5 Å². The van der Waals surface area contributed by atoms with Crippen LogP contribution < -0.4 is 0 Å². The summed E-state index contributed by atoms with van der Waals surface area (Å²) in [4.78, 5) is 19.8. The number of ether oxygens (including phenoxy) is 1. The zero-order chi connectivity index (χ0) is 19.1. The maximum Gasteiger partial charge on any atom is 0.490 e. The molecule has 1 aromatic carbocycles. The summed E-state index contributed by atoms with van der Waals surface area (Å²) in [5.74, 6) is -3.23. The zero-order valence-electron chi connectivity index (χ0n) is 12.0. The van der Waals surface area contributed by atoms with E-state index in [-0.39, 0.29) is 17.9 Å². The highest BCUT2D eigenvalue weighted by Crippen LogP contribution is 2.32. The van der Waals surface area contributed by atoms with Gasteiger partial charge in [0, 0.05) is 11.4 Å². The second-order valence-electron chi connectivity index (χ2n) is 4.22. The van der Waals surface area contributed by atoms with Gasteiger partial charge in [0.1, 0.15) is 0 Å². The van der Waals surface area contributed by atoms with Crippen molar-refractivity contribution in [2.75, 3.05) is 7.11 Å². The van der Waals surface area contributed by atoms with Crippen molar-refractivity contribution in [1.82, 2.24) is 0 Å². The second kappa shape index (κ2) is 8.76. The molecular weight excluding hydrogens is 370 g/mol. The highest BCUT2D eigenvalue weighted by molar-refractivity contribution is 6.30. The molecule has 0 aliphatic heterocycles. The van der Waals surface area contributed by atoms with Crippen LogP contribution in [0.2, 0.25) is 5.02 Å². The van der Waals surface area contributed by atoms with Gasteiger partial charge in [0.05, 0.1) is 12.7 Å². The molecule has 0 aliphatic carbocycles. The van der Waals surface area contributed by atoms with E-state index in [1.54, 1.807) is 0 Å². The molecule has 1 N–H and O–H groups in total. The minimum Gasteiger partial charge on any atom is -0.475 e. The van der Waals surface area contributed by atoms with E-state index < -0.39 is 29.9 Å². The summed E-state index contributed by atoms with van der Waals surface area (Å²) in [5, 5.41) is 7.12. The Balaban J connectivity index is 0.000000640. The van der Waals surface area contributed by atoms with Gasteiger partial charge in [0.15, 0.2) is 0 Å². The Hall–Kier alpha value is -1.97. The normalized spacial score (nSPS) is 11.3. The molecule has 24 heavy (non-hydrogen) atoms. The number of benzene rings is 1. The van der Waals surface area contributed by atoms with Gasteiger partial charge in [0.2, 0.25) is 0 Å². The van der Waals surface area contributed by atoms with Crippen LogP contribution in [0, 0.1) is 0 Å². The summed E-state index contributed by atoms with van der Waals surface area (Å²) < 4.78 is 73.5. The van der Waals surface area contributed by atoms with Crippen LogP contribution >= 0.6 is 11.6 Å². The number of halogens is 7. The first kappa shape index (κ1) is 22.0. The van der Waals surface area contributed by atoms with Crippen LogP contribution in [0.4, 0.5) is 26.3 Å². The van der Waals surface area contributed by atoms with Gasteiger partial charge >= 0.3 is 24.3 Å². The molecule has 136 valence electrons. The van der Waals surface area contributed by atoms with Gasteiger partial charge in [-0.2, -0.15) is 26.3 Å². The fourth-order valence-electron chi connectivity index (χ4n) is 1.31. The fraction of sp³-hybridized carbons (Fsp3) is 0.385. The topological polar surface area (TPSA) is 63.6 Å².